The molecule has 6 heteroatoms. The van der Waals surface area contributed by atoms with E-state index in [4.69, 9.17) is 4.55 Å². The zero-order chi connectivity index (χ0) is 14.5. The van der Waals surface area contributed by atoms with Gasteiger partial charge in [-0.2, -0.15) is 8.42 Å². The molecule has 0 aliphatic heterocycles. The minimum atomic E-state index is -3.67. The summed E-state index contributed by atoms with van der Waals surface area (Å²) in [5, 5.41) is 9.36. The molecule has 0 atom stereocenters. The Hall–Kier alpha value is -0.980. The van der Waals surface area contributed by atoms with Crippen LogP contribution in [0.4, 0.5) is 4.39 Å². The number of hydrogen-bond acceptors (Lipinski definition) is 3. The molecule has 108 valence electrons. The van der Waals surface area contributed by atoms with Gasteiger partial charge in [0, 0.05) is 0 Å². The first-order valence-electron chi connectivity index (χ1n) is 6.11. The predicted octanol–water partition coefficient (Wildman–Crippen LogP) is 2.35. The van der Waals surface area contributed by atoms with Gasteiger partial charge in [-0.15, -0.1) is 0 Å². The summed E-state index contributed by atoms with van der Waals surface area (Å²) in [6, 6.07) is 6.75. The first kappa shape index (κ1) is 16.1. The molecule has 0 bridgehead atoms. The lowest BCUT2D eigenvalue weighted by Crippen LogP contribution is -2.16. The third-order valence-electron chi connectivity index (χ3n) is 3.04. The SMILES string of the molecule is CS(=O)(=O)O.OC1CCC(c2ccc(F)cc2)CC1. The number of halogens is 1. The second-order valence-electron chi connectivity index (χ2n) is 4.79. The van der Waals surface area contributed by atoms with E-state index in [1.54, 1.807) is 0 Å². The van der Waals surface area contributed by atoms with Crippen molar-refractivity contribution in [3.05, 3.63) is 35.6 Å². The topological polar surface area (TPSA) is 74.6 Å². The van der Waals surface area contributed by atoms with Gasteiger partial charge in [0.25, 0.3) is 10.1 Å². The summed E-state index contributed by atoms with van der Waals surface area (Å²) in [5.41, 5.74) is 1.21. The van der Waals surface area contributed by atoms with E-state index in [1.165, 1.54) is 17.7 Å². The van der Waals surface area contributed by atoms with Crippen LogP contribution in [-0.4, -0.2) is 30.4 Å². The normalized spacial score (nSPS) is 23.4. The average molecular weight is 290 g/mol. The van der Waals surface area contributed by atoms with Crippen molar-refractivity contribution in [2.45, 2.75) is 37.7 Å². The molecule has 1 saturated carbocycles. The fraction of sp³-hybridized carbons (Fsp3) is 0.538. The van der Waals surface area contributed by atoms with Gasteiger partial charge in [0.15, 0.2) is 0 Å². The van der Waals surface area contributed by atoms with E-state index >= 15 is 0 Å². The van der Waals surface area contributed by atoms with E-state index in [2.05, 4.69) is 0 Å². The third-order valence-corrected chi connectivity index (χ3v) is 3.04. The van der Waals surface area contributed by atoms with E-state index in [9.17, 15) is 17.9 Å². The van der Waals surface area contributed by atoms with Crippen molar-refractivity contribution >= 4 is 10.1 Å². The van der Waals surface area contributed by atoms with Gasteiger partial charge in [-0.25, -0.2) is 4.39 Å². The Labute approximate surface area is 113 Å². The van der Waals surface area contributed by atoms with Crippen molar-refractivity contribution in [1.82, 2.24) is 0 Å². The van der Waals surface area contributed by atoms with Gasteiger partial charge in [-0.3, -0.25) is 4.55 Å². The highest BCUT2D eigenvalue weighted by Gasteiger charge is 2.20. The standard InChI is InChI=1S/C12H15FO.CH4O3S/c13-11-5-1-9(2-6-11)10-3-7-12(14)8-4-10;1-5(2,3)4/h1-2,5-6,10,12,14H,3-4,7-8H2;1H3,(H,2,3,4). The minimum Gasteiger partial charge on any atom is -0.393 e. The lowest BCUT2D eigenvalue weighted by atomic mass is 9.83. The molecule has 0 aromatic heterocycles. The molecule has 1 fully saturated rings. The molecular formula is C13H19FO4S. The monoisotopic (exact) mass is 290 g/mol. The van der Waals surface area contributed by atoms with Gasteiger partial charge in [0.05, 0.1) is 12.4 Å². The molecule has 2 N–H and O–H groups in total. The van der Waals surface area contributed by atoms with Crippen LogP contribution in [0.1, 0.15) is 37.2 Å². The van der Waals surface area contributed by atoms with Crippen LogP contribution in [-0.2, 0) is 10.1 Å². The van der Waals surface area contributed by atoms with Crippen LogP contribution >= 0.6 is 0 Å². The number of rotatable bonds is 1. The number of benzene rings is 1. The maximum Gasteiger partial charge on any atom is 0.261 e. The highest BCUT2D eigenvalue weighted by Crippen LogP contribution is 2.32. The van der Waals surface area contributed by atoms with Crippen molar-refractivity contribution in [3.8, 4) is 0 Å². The molecule has 1 aromatic rings. The van der Waals surface area contributed by atoms with Crippen molar-refractivity contribution in [1.29, 1.82) is 0 Å². The highest BCUT2D eigenvalue weighted by molar-refractivity contribution is 7.85. The maximum atomic E-state index is 12.7. The molecule has 0 unspecified atom stereocenters. The first-order valence-corrected chi connectivity index (χ1v) is 7.96. The summed E-state index contributed by atoms with van der Waals surface area (Å²) in [6.45, 7) is 0. The first-order chi connectivity index (χ1) is 8.75. The van der Waals surface area contributed by atoms with Crippen LogP contribution in [0, 0.1) is 5.82 Å². The van der Waals surface area contributed by atoms with Gasteiger partial charge >= 0.3 is 0 Å². The Bertz CT molecular complexity index is 468. The highest BCUT2D eigenvalue weighted by atomic mass is 32.2. The fourth-order valence-corrected chi connectivity index (χ4v) is 2.14. The van der Waals surface area contributed by atoms with Gasteiger partial charge in [-0.1, -0.05) is 12.1 Å². The van der Waals surface area contributed by atoms with Gasteiger partial charge in [0.1, 0.15) is 5.82 Å². The smallest absolute Gasteiger partial charge is 0.261 e. The molecule has 0 radical (unpaired) electrons. The minimum absolute atomic E-state index is 0.119. The fourth-order valence-electron chi connectivity index (χ4n) is 2.14. The van der Waals surface area contributed by atoms with E-state index in [0.717, 1.165) is 25.7 Å². The molecule has 0 saturated heterocycles. The van der Waals surface area contributed by atoms with Crippen molar-refractivity contribution in [2.75, 3.05) is 6.26 Å². The lowest BCUT2D eigenvalue weighted by Gasteiger charge is -2.25. The Morgan fingerprint density at radius 3 is 1.95 bits per heavy atom. The molecule has 0 heterocycles. The summed E-state index contributed by atoms with van der Waals surface area (Å²) in [5.74, 6) is 0.337. The van der Waals surface area contributed by atoms with Crippen LogP contribution < -0.4 is 0 Å². The number of hydrogen-bond donors (Lipinski definition) is 2. The largest absolute Gasteiger partial charge is 0.393 e. The zero-order valence-electron chi connectivity index (χ0n) is 10.8. The Kier molecular flexibility index (Phi) is 5.90. The second kappa shape index (κ2) is 6.98. The number of aliphatic hydroxyl groups excluding tert-OH is 1. The van der Waals surface area contributed by atoms with Gasteiger partial charge < -0.3 is 5.11 Å². The summed E-state index contributed by atoms with van der Waals surface area (Å²) in [4.78, 5) is 0. The van der Waals surface area contributed by atoms with Crippen molar-refractivity contribution < 1.29 is 22.5 Å². The van der Waals surface area contributed by atoms with Gasteiger partial charge in [0.2, 0.25) is 0 Å². The lowest BCUT2D eigenvalue weighted by molar-refractivity contribution is 0.122. The quantitative estimate of drug-likeness (QED) is 0.779. The molecule has 4 nitrogen and oxygen atoms in total. The van der Waals surface area contributed by atoms with Crippen molar-refractivity contribution in [3.63, 3.8) is 0 Å². The summed E-state index contributed by atoms with van der Waals surface area (Å²) in [7, 11) is -3.67. The Morgan fingerprint density at radius 2 is 1.53 bits per heavy atom. The predicted molar refractivity (Wildman–Crippen MR) is 71.1 cm³/mol. The molecule has 0 spiro atoms. The number of aliphatic hydroxyl groups is 1. The summed E-state index contributed by atoms with van der Waals surface area (Å²) >= 11 is 0. The molecule has 2 rings (SSSR count). The molecule has 1 aromatic carbocycles. The van der Waals surface area contributed by atoms with E-state index in [-0.39, 0.29) is 11.9 Å². The molecule has 19 heavy (non-hydrogen) atoms. The van der Waals surface area contributed by atoms with Crippen LogP contribution in [0.5, 0.6) is 0 Å². The zero-order valence-corrected chi connectivity index (χ0v) is 11.6. The van der Waals surface area contributed by atoms with Crippen LogP contribution in [0.3, 0.4) is 0 Å². The van der Waals surface area contributed by atoms with E-state index < -0.39 is 10.1 Å². The summed E-state index contributed by atoms with van der Waals surface area (Å²) in [6.07, 6.45) is 4.39. The van der Waals surface area contributed by atoms with Gasteiger partial charge in [-0.05, 0) is 49.3 Å². The molecular weight excluding hydrogens is 271 g/mol. The molecule has 1 aliphatic carbocycles. The third kappa shape index (κ3) is 7.25. The van der Waals surface area contributed by atoms with E-state index in [1.807, 2.05) is 12.1 Å². The van der Waals surface area contributed by atoms with Crippen LogP contribution in [0.15, 0.2) is 24.3 Å². The molecule has 0 amide bonds. The maximum absolute atomic E-state index is 12.7. The summed E-state index contributed by atoms with van der Waals surface area (Å²) < 4.78 is 38.5. The van der Waals surface area contributed by atoms with Crippen LogP contribution in [0.25, 0.3) is 0 Å². The van der Waals surface area contributed by atoms with Crippen molar-refractivity contribution in [2.24, 2.45) is 0 Å². The van der Waals surface area contributed by atoms with Crippen LogP contribution in [0.2, 0.25) is 0 Å². The van der Waals surface area contributed by atoms with E-state index in [0.29, 0.717) is 12.2 Å². The second-order valence-corrected chi connectivity index (χ2v) is 6.26. The average Bonchev–Trinajstić information content (AvgIpc) is 2.29. The Morgan fingerprint density at radius 1 is 1.11 bits per heavy atom. The molecule has 1 aliphatic rings. The Balaban J connectivity index is 0.000000312.